The standard InChI is InChI=1S/C20H24N6O5/c27-19(21-10-9-18-23-22-17-5-2-1-3-11-25(17)18)6-4-12-24-15-8-7-14(26(29)30)13-16(15)31-20(24)28/h7-8,13H,1-6,9-12H2,(H,21,27). The van der Waals surface area contributed by atoms with Crippen LogP contribution in [0.3, 0.4) is 0 Å². The number of carbonyl (C=O) groups is 1. The SMILES string of the molecule is O=C(CCCn1c(=O)oc2cc([N+](=O)[O-])ccc21)NCCc1nnc2n1CCCCC2. The molecule has 31 heavy (non-hydrogen) atoms. The Morgan fingerprint density at radius 2 is 2.13 bits per heavy atom. The molecule has 4 rings (SSSR count). The number of amides is 1. The van der Waals surface area contributed by atoms with Crippen LogP contribution in [0.4, 0.5) is 5.69 Å². The van der Waals surface area contributed by atoms with E-state index in [2.05, 4.69) is 20.1 Å². The second-order valence-corrected chi connectivity index (χ2v) is 7.63. The van der Waals surface area contributed by atoms with Gasteiger partial charge in [-0.15, -0.1) is 10.2 Å². The first-order valence-electron chi connectivity index (χ1n) is 10.5. The van der Waals surface area contributed by atoms with E-state index in [9.17, 15) is 19.7 Å². The quantitative estimate of drug-likeness (QED) is 0.427. The van der Waals surface area contributed by atoms with Crippen LogP contribution in [-0.4, -0.2) is 36.7 Å². The van der Waals surface area contributed by atoms with Gasteiger partial charge in [0.05, 0.1) is 16.5 Å². The number of aromatic nitrogens is 4. The molecule has 0 aliphatic carbocycles. The van der Waals surface area contributed by atoms with E-state index in [4.69, 9.17) is 4.42 Å². The van der Waals surface area contributed by atoms with Crippen molar-refractivity contribution in [3.8, 4) is 0 Å². The van der Waals surface area contributed by atoms with E-state index in [0.717, 1.165) is 37.5 Å². The number of hydrogen-bond acceptors (Lipinski definition) is 7. The lowest BCUT2D eigenvalue weighted by Crippen LogP contribution is -2.27. The highest BCUT2D eigenvalue weighted by Gasteiger charge is 2.16. The van der Waals surface area contributed by atoms with E-state index >= 15 is 0 Å². The van der Waals surface area contributed by atoms with Crippen LogP contribution in [0.5, 0.6) is 0 Å². The predicted molar refractivity (Wildman–Crippen MR) is 111 cm³/mol. The third kappa shape index (κ3) is 4.65. The molecule has 1 amide bonds. The summed E-state index contributed by atoms with van der Waals surface area (Å²) in [7, 11) is 0. The minimum Gasteiger partial charge on any atom is -0.407 e. The molecule has 3 heterocycles. The van der Waals surface area contributed by atoms with Gasteiger partial charge in [0.15, 0.2) is 5.58 Å². The molecule has 3 aromatic rings. The Balaban J connectivity index is 1.26. The highest BCUT2D eigenvalue weighted by Crippen LogP contribution is 2.20. The molecule has 0 saturated carbocycles. The Morgan fingerprint density at radius 1 is 1.26 bits per heavy atom. The fraction of sp³-hybridized carbons (Fsp3) is 0.500. The number of nitro groups is 1. The summed E-state index contributed by atoms with van der Waals surface area (Å²) in [6, 6.07) is 4.04. The van der Waals surface area contributed by atoms with Crippen LogP contribution in [0.2, 0.25) is 0 Å². The van der Waals surface area contributed by atoms with Crippen molar-refractivity contribution in [2.75, 3.05) is 6.54 Å². The average molecular weight is 428 g/mol. The predicted octanol–water partition coefficient (Wildman–Crippen LogP) is 1.96. The van der Waals surface area contributed by atoms with Gasteiger partial charge in [0.1, 0.15) is 11.6 Å². The molecule has 11 heteroatoms. The zero-order valence-electron chi connectivity index (χ0n) is 17.1. The number of non-ortho nitro benzene ring substituents is 1. The topological polar surface area (TPSA) is 138 Å². The fourth-order valence-corrected chi connectivity index (χ4v) is 3.91. The lowest BCUT2D eigenvalue weighted by molar-refractivity contribution is -0.384. The van der Waals surface area contributed by atoms with Gasteiger partial charge in [0.2, 0.25) is 5.91 Å². The van der Waals surface area contributed by atoms with E-state index in [1.165, 1.54) is 29.2 Å². The smallest absolute Gasteiger partial charge is 0.407 e. The highest BCUT2D eigenvalue weighted by atomic mass is 16.6. The number of oxazole rings is 1. The Hall–Kier alpha value is -3.50. The second kappa shape index (κ2) is 9.11. The first-order chi connectivity index (χ1) is 15.0. The zero-order valence-corrected chi connectivity index (χ0v) is 17.1. The van der Waals surface area contributed by atoms with Crippen molar-refractivity contribution in [3.05, 3.63) is 50.5 Å². The molecule has 1 aromatic carbocycles. The van der Waals surface area contributed by atoms with Gasteiger partial charge in [-0.05, 0) is 25.3 Å². The highest BCUT2D eigenvalue weighted by molar-refractivity contribution is 5.76. The summed E-state index contributed by atoms with van der Waals surface area (Å²) in [6.07, 6.45) is 5.74. The van der Waals surface area contributed by atoms with E-state index < -0.39 is 10.7 Å². The molecule has 0 radical (unpaired) electrons. The first kappa shape index (κ1) is 20.8. The number of fused-ring (bicyclic) bond motifs is 2. The van der Waals surface area contributed by atoms with Gasteiger partial charge in [0.25, 0.3) is 5.69 Å². The summed E-state index contributed by atoms with van der Waals surface area (Å²) in [5.74, 6) is 1.24. The molecule has 0 spiro atoms. The van der Waals surface area contributed by atoms with Gasteiger partial charge in [-0.3, -0.25) is 19.5 Å². The Bertz CT molecular complexity index is 1160. The minimum absolute atomic E-state index is 0.105. The Morgan fingerprint density at radius 3 is 2.97 bits per heavy atom. The monoisotopic (exact) mass is 428 g/mol. The van der Waals surface area contributed by atoms with Gasteiger partial charge in [-0.25, -0.2) is 4.79 Å². The molecule has 1 aliphatic rings. The van der Waals surface area contributed by atoms with E-state index in [1.807, 2.05) is 0 Å². The maximum Gasteiger partial charge on any atom is 0.419 e. The number of rotatable bonds is 8. The maximum absolute atomic E-state index is 12.2. The van der Waals surface area contributed by atoms with Crippen LogP contribution in [-0.2, 0) is 30.7 Å². The van der Waals surface area contributed by atoms with Crippen LogP contribution in [0, 0.1) is 10.1 Å². The number of nitrogens with zero attached hydrogens (tertiary/aromatic N) is 5. The molecule has 1 N–H and O–H groups in total. The summed E-state index contributed by atoms with van der Waals surface area (Å²) in [5, 5.41) is 22.3. The number of nitro benzene ring substituents is 1. The maximum atomic E-state index is 12.2. The van der Waals surface area contributed by atoms with Crippen LogP contribution in [0.25, 0.3) is 11.1 Å². The van der Waals surface area contributed by atoms with Crippen molar-refractivity contribution in [2.24, 2.45) is 0 Å². The number of nitrogens with one attached hydrogen (secondary N) is 1. The third-order valence-corrected chi connectivity index (χ3v) is 5.51. The van der Waals surface area contributed by atoms with Gasteiger partial charge >= 0.3 is 5.76 Å². The molecule has 2 aromatic heterocycles. The molecule has 0 bridgehead atoms. The normalized spacial score (nSPS) is 13.7. The number of hydrogen-bond donors (Lipinski definition) is 1. The Kier molecular flexibility index (Phi) is 6.10. The molecular weight excluding hydrogens is 404 g/mol. The lowest BCUT2D eigenvalue weighted by atomic mass is 10.2. The number of aryl methyl sites for hydroxylation is 2. The van der Waals surface area contributed by atoms with Gasteiger partial charge in [-0.1, -0.05) is 6.42 Å². The van der Waals surface area contributed by atoms with Crippen LogP contribution in [0.1, 0.15) is 43.8 Å². The summed E-state index contributed by atoms with van der Waals surface area (Å²) < 4.78 is 8.65. The van der Waals surface area contributed by atoms with Crippen molar-refractivity contribution in [1.82, 2.24) is 24.6 Å². The van der Waals surface area contributed by atoms with Gasteiger partial charge in [-0.2, -0.15) is 0 Å². The molecule has 0 saturated heterocycles. The lowest BCUT2D eigenvalue weighted by Gasteiger charge is -2.08. The van der Waals surface area contributed by atoms with Crippen LogP contribution in [0.15, 0.2) is 27.4 Å². The zero-order chi connectivity index (χ0) is 21.8. The summed E-state index contributed by atoms with van der Waals surface area (Å²) >= 11 is 0. The van der Waals surface area contributed by atoms with Crippen LogP contribution < -0.4 is 11.1 Å². The summed E-state index contributed by atoms with van der Waals surface area (Å²) in [6.45, 7) is 1.70. The van der Waals surface area contributed by atoms with Crippen molar-refractivity contribution in [3.63, 3.8) is 0 Å². The largest absolute Gasteiger partial charge is 0.419 e. The molecule has 164 valence electrons. The Labute approximate surface area is 177 Å². The molecule has 11 nitrogen and oxygen atoms in total. The van der Waals surface area contributed by atoms with Crippen molar-refractivity contribution in [2.45, 2.75) is 58.0 Å². The van der Waals surface area contributed by atoms with E-state index in [1.54, 1.807) is 0 Å². The first-order valence-corrected chi connectivity index (χ1v) is 10.5. The fourth-order valence-electron chi connectivity index (χ4n) is 3.91. The van der Waals surface area contributed by atoms with Crippen molar-refractivity contribution >= 4 is 22.7 Å². The van der Waals surface area contributed by atoms with E-state index in [0.29, 0.717) is 24.9 Å². The number of carbonyl (C=O) groups excluding carboxylic acids is 1. The van der Waals surface area contributed by atoms with E-state index in [-0.39, 0.29) is 30.1 Å². The third-order valence-electron chi connectivity index (χ3n) is 5.51. The summed E-state index contributed by atoms with van der Waals surface area (Å²) in [4.78, 5) is 34.5. The molecule has 1 aliphatic heterocycles. The molecular formula is C20H24N6O5. The van der Waals surface area contributed by atoms with Gasteiger partial charge < -0.3 is 14.3 Å². The van der Waals surface area contributed by atoms with Gasteiger partial charge in [0, 0.05) is 45.0 Å². The minimum atomic E-state index is -0.594. The van der Waals surface area contributed by atoms with Crippen LogP contribution >= 0.6 is 0 Å². The summed E-state index contributed by atoms with van der Waals surface area (Å²) in [5.41, 5.74) is 0.497. The molecule has 0 unspecified atom stereocenters. The molecule has 0 atom stereocenters. The van der Waals surface area contributed by atoms with Crippen molar-refractivity contribution in [1.29, 1.82) is 0 Å². The average Bonchev–Trinajstić information content (AvgIpc) is 3.17. The second-order valence-electron chi connectivity index (χ2n) is 7.63. The van der Waals surface area contributed by atoms with Crippen molar-refractivity contribution < 1.29 is 14.1 Å². The number of benzene rings is 1. The molecule has 0 fully saturated rings.